The van der Waals surface area contributed by atoms with Crippen molar-refractivity contribution in [1.82, 2.24) is 20.5 Å². The molecule has 3 amide bonds. The van der Waals surface area contributed by atoms with Crippen molar-refractivity contribution < 1.29 is 14.0 Å². The highest BCUT2D eigenvalue weighted by Crippen LogP contribution is 2.35. The predicted octanol–water partition coefficient (Wildman–Crippen LogP) is 2.32. The van der Waals surface area contributed by atoms with Crippen molar-refractivity contribution in [2.24, 2.45) is 5.92 Å². The summed E-state index contributed by atoms with van der Waals surface area (Å²) in [7, 11) is 0. The van der Waals surface area contributed by atoms with Crippen molar-refractivity contribution in [3.05, 3.63) is 52.2 Å². The fraction of sp³-hybridized carbons (Fsp3) is 0.421. The number of urea groups is 1. The van der Waals surface area contributed by atoms with Crippen LogP contribution >= 0.6 is 11.3 Å². The molecule has 2 aliphatic rings. The summed E-state index contributed by atoms with van der Waals surface area (Å²) in [5.74, 6) is -0.501. The quantitative estimate of drug-likeness (QED) is 0.771. The van der Waals surface area contributed by atoms with Gasteiger partial charge in [0.15, 0.2) is 0 Å². The standard InChI is InChI=1S/C19H21FN4O2S/c20-15-3-1-13(2-4-15)9-19(14-5-7-21-8-6-14)17(25)24(18(26)23-19)10-16-11-27-12-22-16/h1-4,11-12,14,21H,5-10H2,(H,23,26). The number of thiazole rings is 1. The van der Waals surface area contributed by atoms with Crippen LogP contribution in [0.5, 0.6) is 0 Å². The number of imide groups is 1. The monoisotopic (exact) mass is 388 g/mol. The van der Waals surface area contributed by atoms with Crippen molar-refractivity contribution in [1.29, 1.82) is 0 Å². The summed E-state index contributed by atoms with van der Waals surface area (Å²) in [6.07, 6.45) is 1.96. The second-order valence-electron chi connectivity index (χ2n) is 7.10. The van der Waals surface area contributed by atoms with Crippen LogP contribution in [0.1, 0.15) is 24.1 Å². The zero-order valence-electron chi connectivity index (χ0n) is 14.8. The Morgan fingerprint density at radius 2 is 1.96 bits per heavy atom. The van der Waals surface area contributed by atoms with E-state index < -0.39 is 5.54 Å². The van der Waals surface area contributed by atoms with Crippen molar-refractivity contribution in [3.63, 3.8) is 0 Å². The fourth-order valence-electron chi connectivity index (χ4n) is 4.05. The second kappa shape index (κ2) is 7.36. The van der Waals surface area contributed by atoms with Gasteiger partial charge >= 0.3 is 6.03 Å². The number of benzene rings is 1. The number of amides is 3. The number of carbonyl (C=O) groups excluding carboxylic acids is 2. The molecule has 2 N–H and O–H groups in total. The molecule has 3 heterocycles. The average Bonchev–Trinajstić information content (AvgIpc) is 3.28. The van der Waals surface area contributed by atoms with Crippen molar-refractivity contribution in [2.75, 3.05) is 13.1 Å². The zero-order valence-corrected chi connectivity index (χ0v) is 15.6. The van der Waals surface area contributed by atoms with Gasteiger partial charge in [-0.05, 0) is 49.5 Å². The van der Waals surface area contributed by atoms with Crippen LogP contribution in [0.25, 0.3) is 0 Å². The molecule has 2 aromatic rings. The van der Waals surface area contributed by atoms with E-state index >= 15 is 0 Å². The molecule has 0 bridgehead atoms. The average molecular weight is 388 g/mol. The number of aromatic nitrogens is 1. The van der Waals surface area contributed by atoms with Gasteiger partial charge in [-0.25, -0.2) is 14.2 Å². The third-order valence-corrected chi connectivity index (χ3v) is 6.07. The normalized spacial score (nSPS) is 23.7. The lowest BCUT2D eigenvalue weighted by Gasteiger charge is -2.38. The summed E-state index contributed by atoms with van der Waals surface area (Å²) in [5.41, 5.74) is 2.23. The highest BCUT2D eigenvalue weighted by atomic mass is 32.1. The molecule has 27 heavy (non-hydrogen) atoms. The van der Waals surface area contributed by atoms with Gasteiger partial charge in [-0.3, -0.25) is 9.69 Å². The minimum atomic E-state index is -0.993. The third-order valence-electron chi connectivity index (χ3n) is 5.44. The van der Waals surface area contributed by atoms with Gasteiger partial charge in [0.2, 0.25) is 0 Å². The minimum Gasteiger partial charge on any atom is -0.322 e. The van der Waals surface area contributed by atoms with E-state index in [9.17, 15) is 14.0 Å². The molecule has 0 radical (unpaired) electrons. The Kier molecular flexibility index (Phi) is 4.92. The van der Waals surface area contributed by atoms with Gasteiger partial charge in [0.05, 0.1) is 17.7 Å². The molecule has 1 atom stereocenters. The Morgan fingerprint density at radius 1 is 1.22 bits per heavy atom. The van der Waals surface area contributed by atoms with Gasteiger partial charge in [-0.15, -0.1) is 11.3 Å². The highest BCUT2D eigenvalue weighted by molar-refractivity contribution is 7.07. The van der Waals surface area contributed by atoms with E-state index in [2.05, 4.69) is 15.6 Å². The molecule has 0 saturated carbocycles. The van der Waals surface area contributed by atoms with E-state index in [-0.39, 0.29) is 30.2 Å². The minimum absolute atomic E-state index is 0.0284. The maximum atomic E-state index is 13.5. The van der Waals surface area contributed by atoms with E-state index in [4.69, 9.17) is 0 Å². The van der Waals surface area contributed by atoms with Crippen LogP contribution in [-0.2, 0) is 17.8 Å². The van der Waals surface area contributed by atoms with Crippen LogP contribution in [0.2, 0.25) is 0 Å². The van der Waals surface area contributed by atoms with Crippen LogP contribution in [0.4, 0.5) is 9.18 Å². The van der Waals surface area contributed by atoms with Crippen LogP contribution in [0, 0.1) is 11.7 Å². The lowest BCUT2D eigenvalue weighted by molar-refractivity contribution is -0.134. The summed E-state index contributed by atoms with van der Waals surface area (Å²) >= 11 is 1.43. The van der Waals surface area contributed by atoms with Crippen LogP contribution < -0.4 is 10.6 Å². The molecule has 142 valence electrons. The maximum absolute atomic E-state index is 13.5. The predicted molar refractivity (Wildman–Crippen MR) is 99.6 cm³/mol. The molecule has 1 unspecified atom stereocenters. The van der Waals surface area contributed by atoms with Gasteiger partial charge < -0.3 is 10.6 Å². The zero-order chi connectivity index (χ0) is 18.9. The van der Waals surface area contributed by atoms with E-state index in [1.807, 2.05) is 5.38 Å². The van der Waals surface area contributed by atoms with Gasteiger partial charge in [0.25, 0.3) is 5.91 Å². The van der Waals surface area contributed by atoms with Crippen molar-refractivity contribution >= 4 is 23.3 Å². The third kappa shape index (κ3) is 3.46. The molecule has 2 saturated heterocycles. The topological polar surface area (TPSA) is 74.3 Å². The van der Waals surface area contributed by atoms with E-state index in [0.29, 0.717) is 12.1 Å². The van der Waals surface area contributed by atoms with Crippen LogP contribution in [0.3, 0.4) is 0 Å². The molecule has 4 rings (SSSR count). The maximum Gasteiger partial charge on any atom is 0.325 e. The van der Waals surface area contributed by atoms with E-state index in [0.717, 1.165) is 31.5 Å². The molecule has 2 fully saturated rings. The van der Waals surface area contributed by atoms with E-state index in [1.165, 1.54) is 28.4 Å². The Bertz CT molecular complexity index is 821. The number of halogens is 1. The first-order valence-electron chi connectivity index (χ1n) is 9.05. The number of nitrogens with zero attached hydrogens (tertiary/aromatic N) is 2. The molecule has 1 aromatic carbocycles. The van der Waals surface area contributed by atoms with Gasteiger partial charge in [0.1, 0.15) is 11.4 Å². The fourth-order valence-corrected chi connectivity index (χ4v) is 4.60. The summed E-state index contributed by atoms with van der Waals surface area (Å²) in [6.45, 7) is 1.79. The number of piperidine rings is 1. The van der Waals surface area contributed by atoms with Crippen molar-refractivity contribution in [3.8, 4) is 0 Å². The second-order valence-corrected chi connectivity index (χ2v) is 7.82. The smallest absolute Gasteiger partial charge is 0.322 e. The van der Waals surface area contributed by atoms with Crippen LogP contribution in [-0.4, -0.2) is 40.5 Å². The Hall–Kier alpha value is -2.32. The van der Waals surface area contributed by atoms with Crippen LogP contribution in [0.15, 0.2) is 35.2 Å². The number of carbonyl (C=O) groups is 2. The highest BCUT2D eigenvalue weighted by Gasteiger charge is 2.55. The largest absolute Gasteiger partial charge is 0.325 e. The van der Waals surface area contributed by atoms with Crippen molar-refractivity contribution in [2.45, 2.75) is 31.3 Å². The van der Waals surface area contributed by atoms with Gasteiger partial charge in [-0.2, -0.15) is 0 Å². The SMILES string of the molecule is O=C1NC(Cc2ccc(F)cc2)(C2CCNCC2)C(=O)N1Cc1cscn1. The summed E-state index contributed by atoms with van der Waals surface area (Å²) in [4.78, 5) is 31.6. The van der Waals surface area contributed by atoms with Gasteiger partial charge in [-0.1, -0.05) is 12.1 Å². The summed E-state index contributed by atoms with van der Waals surface area (Å²) in [6, 6.07) is 5.76. The first kappa shape index (κ1) is 18.1. The number of hydrogen-bond donors (Lipinski definition) is 2. The number of rotatable bonds is 5. The molecule has 0 aliphatic carbocycles. The Balaban J connectivity index is 1.66. The van der Waals surface area contributed by atoms with E-state index in [1.54, 1.807) is 17.6 Å². The summed E-state index contributed by atoms with van der Waals surface area (Å²) in [5, 5.41) is 8.15. The molecule has 0 spiro atoms. The number of hydrogen-bond acceptors (Lipinski definition) is 5. The molecule has 6 nitrogen and oxygen atoms in total. The first-order chi connectivity index (χ1) is 13.1. The molecular weight excluding hydrogens is 367 g/mol. The molecule has 8 heteroatoms. The lowest BCUT2D eigenvalue weighted by atomic mass is 9.74. The Morgan fingerprint density at radius 3 is 2.63 bits per heavy atom. The lowest BCUT2D eigenvalue weighted by Crippen LogP contribution is -2.57. The Labute approximate surface area is 160 Å². The molecular formula is C19H21FN4O2S. The number of nitrogens with one attached hydrogen (secondary N) is 2. The molecule has 1 aromatic heterocycles. The molecule has 2 aliphatic heterocycles. The summed E-state index contributed by atoms with van der Waals surface area (Å²) < 4.78 is 13.3. The first-order valence-corrected chi connectivity index (χ1v) is 9.99. The van der Waals surface area contributed by atoms with Gasteiger partial charge in [0, 0.05) is 11.8 Å².